The first-order valence-corrected chi connectivity index (χ1v) is 5.39. The average Bonchev–Trinajstić information content (AvgIpc) is 2.54. The van der Waals surface area contributed by atoms with Gasteiger partial charge in [0.25, 0.3) is 10.0 Å². The Kier molecular flexibility index (Phi) is 2.76. The summed E-state index contributed by atoms with van der Waals surface area (Å²) in [5.41, 5.74) is 4.55. The van der Waals surface area contributed by atoms with Crippen molar-refractivity contribution in [2.45, 2.75) is 5.03 Å². The van der Waals surface area contributed by atoms with Crippen LogP contribution in [0.15, 0.2) is 10.4 Å². The maximum atomic E-state index is 11.2. The van der Waals surface area contributed by atoms with E-state index in [-0.39, 0.29) is 0 Å². The highest BCUT2D eigenvalue weighted by molar-refractivity contribution is 7.90. The average molecular weight is 236 g/mol. The van der Waals surface area contributed by atoms with Gasteiger partial charge >= 0.3 is 11.8 Å². The Balaban J connectivity index is 2.90. The van der Waals surface area contributed by atoms with Crippen LogP contribution in [0.3, 0.4) is 0 Å². The Bertz CT molecular complexity index is 450. The van der Waals surface area contributed by atoms with Crippen LogP contribution in [-0.2, 0) is 19.6 Å². The third kappa shape index (κ3) is 2.23. The SMILES string of the molecule is NC(=O)C(=O)NS(=O)(=O)c1csnn1. The van der Waals surface area contributed by atoms with E-state index in [1.54, 1.807) is 0 Å². The fourth-order valence-corrected chi connectivity index (χ4v) is 2.10. The van der Waals surface area contributed by atoms with Crippen molar-refractivity contribution in [1.82, 2.24) is 14.3 Å². The molecule has 10 heteroatoms. The molecule has 0 saturated carbocycles. The Morgan fingerprint density at radius 3 is 2.57 bits per heavy atom. The zero-order valence-electron chi connectivity index (χ0n) is 6.50. The van der Waals surface area contributed by atoms with Crippen LogP contribution < -0.4 is 10.5 Å². The number of nitrogens with one attached hydrogen (secondary N) is 1. The van der Waals surface area contributed by atoms with E-state index < -0.39 is 26.9 Å². The smallest absolute Gasteiger partial charge is 0.322 e. The van der Waals surface area contributed by atoms with Crippen molar-refractivity contribution < 1.29 is 18.0 Å². The number of aromatic nitrogens is 2. The summed E-state index contributed by atoms with van der Waals surface area (Å²) in [5, 5.41) is 3.89. The van der Waals surface area contributed by atoms with Gasteiger partial charge in [-0.15, -0.1) is 5.10 Å². The predicted octanol–water partition coefficient (Wildman–Crippen LogP) is -2.17. The molecule has 0 bridgehead atoms. The van der Waals surface area contributed by atoms with Crippen molar-refractivity contribution in [2.75, 3.05) is 0 Å². The summed E-state index contributed by atoms with van der Waals surface area (Å²) in [5.74, 6) is -2.81. The van der Waals surface area contributed by atoms with Gasteiger partial charge in [0.05, 0.1) is 5.38 Å². The molecule has 0 fully saturated rings. The minimum absolute atomic E-state index is 0.433. The number of hydrogen-bond donors (Lipinski definition) is 2. The van der Waals surface area contributed by atoms with E-state index in [0.29, 0.717) is 0 Å². The normalized spacial score (nSPS) is 10.9. The van der Waals surface area contributed by atoms with Gasteiger partial charge in [-0.1, -0.05) is 4.49 Å². The number of hydrogen-bond acceptors (Lipinski definition) is 7. The van der Waals surface area contributed by atoms with E-state index in [9.17, 15) is 18.0 Å². The number of primary amides is 1. The van der Waals surface area contributed by atoms with Gasteiger partial charge in [0.15, 0.2) is 0 Å². The molecular formula is C4H4N4O4S2. The second-order valence-electron chi connectivity index (χ2n) is 2.04. The fraction of sp³-hybridized carbons (Fsp3) is 0. The highest BCUT2D eigenvalue weighted by Gasteiger charge is 2.22. The summed E-state index contributed by atoms with van der Waals surface area (Å²) in [6.45, 7) is 0. The first-order chi connectivity index (χ1) is 6.43. The van der Waals surface area contributed by atoms with Crippen LogP contribution in [0.4, 0.5) is 0 Å². The highest BCUT2D eigenvalue weighted by Crippen LogP contribution is 2.04. The summed E-state index contributed by atoms with van der Waals surface area (Å²) in [7, 11) is -4.12. The Hall–Kier alpha value is -1.55. The first kappa shape index (κ1) is 10.5. The highest BCUT2D eigenvalue weighted by atomic mass is 32.2. The maximum absolute atomic E-state index is 11.2. The van der Waals surface area contributed by atoms with Gasteiger partial charge in [0.1, 0.15) is 0 Å². The third-order valence-corrected chi connectivity index (χ3v) is 2.92. The quantitative estimate of drug-likeness (QED) is 0.561. The lowest BCUT2D eigenvalue weighted by atomic mass is 10.6. The van der Waals surface area contributed by atoms with Gasteiger partial charge in [-0.25, -0.2) is 4.72 Å². The van der Waals surface area contributed by atoms with Crippen LogP contribution in [-0.4, -0.2) is 29.8 Å². The molecule has 0 unspecified atom stereocenters. The molecule has 0 atom stereocenters. The summed E-state index contributed by atoms with van der Waals surface area (Å²) in [4.78, 5) is 20.9. The minimum atomic E-state index is -4.12. The van der Waals surface area contributed by atoms with Crippen molar-refractivity contribution in [2.24, 2.45) is 5.73 Å². The van der Waals surface area contributed by atoms with Crippen molar-refractivity contribution in [3.8, 4) is 0 Å². The molecule has 1 aromatic heterocycles. The van der Waals surface area contributed by atoms with Crippen molar-refractivity contribution in [1.29, 1.82) is 0 Å². The minimum Gasteiger partial charge on any atom is -0.361 e. The molecule has 0 aliphatic rings. The zero-order chi connectivity index (χ0) is 10.8. The third-order valence-electron chi connectivity index (χ3n) is 1.07. The van der Waals surface area contributed by atoms with Gasteiger partial charge < -0.3 is 5.73 Å². The van der Waals surface area contributed by atoms with Crippen LogP contribution in [0.5, 0.6) is 0 Å². The van der Waals surface area contributed by atoms with E-state index in [1.165, 1.54) is 4.72 Å². The molecule has 3 N–H and O–H groups in total. The number of nitrogens with two attached hydrogens (primary N) is 1. The molecule has 0 spiro atoms. The van der Waals surface area contributed by atoms with Gasteiger partial charge in [-0.2, -0.15) is 8.42 Å². The molecule has 0 aromatic carbocycles. The number of nitrogens with zero attached hydrogens (tertiary/aromatic N) is 2. The Morgan fingerprint density at radius 1 is 1.50 bits per heavy atom. The van der Waals surface area contributed by atoms with Gasteiger partial charge in [-0.05, 0) is 11.5 Å². The number of sulfonamides is 1. The lowest BCUT2D eigenvalue weighted by molar-refractivity contribution is -0.136. The summed E-state index contributed by atoms with van der Waals surface area (Å²) < 4.78 is 27.1. The van der Waals surface area contributed by atoms with Gasteiger partial charge in [-0.3, -0.25) is 9.59 Å². The molecule has 1 heterocycles. The lowest BCUT2D eigenvalue weighted by Gasteiger charge is -1.99. The van der Waals surface area contributed by atoms with Crippen LogP contribution >= 0.6 is 11.5 Å². The van der Waals surface area contributed by atoms with E-state index in [1.807, 2.05) is 0 Å². The van der Waals surface area contributed by atoms with Gasteiger partial charge in [0, 0.05) is 0 Å². The summed E-state index contributed by atoms with van der Waals surface area (Å²) in [6.07, 6.45) is 0. The molecule has 0 saturated heterocycles. The molecular weight excluding hydrogens is 232 g/mol. The molecule has 2 amide bonds. The monoisotopic (exact) mass is 236 g/mol. The Morgan fingerprint density at radius 2 is 2.14 bits per heavy atom. The topological polar surface area (TPSA) is 132 Å². The summed E-state index contributed by atoms with van der Waals surface area (Å²) >= 11 is 0.794. The fourth-order valence-electron chi connectivity index (χ4n) is 0.498. The number of carbonyl (C=O) groups excluding carboxylic acids is 2. The summed E-state index contributed by atoms with van der Waals surface area (Å²) in [6, 6.07) is 0. The zero-order valence-corrected chi connectivity index (χ0v) is 8.13. The number of carbonyl (C=O) groups is 2. The molecule has 1 aromatic rings. The predicted molar refractivity (Wildman–Crippen MR) is 44.4 cm³/mol. The van der Waals surface area contributed by atoms with E-state index in [2.05, 4.69) is 15.3 Å². The molecule has 76 valence electrons. The van der Waals surface area contributed by atoms with Gasteiger partial charge in [0.2, 0.25) is 5.03 Å². The molecule has 1 rings (SSSR count). The van der Waals surface area contributed by atoms with Crippen LogP contribution in [0.25, 0.3) is 0 Å². The molecule has 0 radical (unpaired) electrons. The largest absolute Gasteiger partial charge is 0.361 e. The van der Waals surface area contributed by atoms with Crippen LogP contribution in [0, 0.1) is 0 Å². The molecule has 8 nitrogen and oxygen atoms in total. The second-order valence-corrected chi connectivity index (χ2v) is 4.28. The molecule has 0 aliphatic heterocycles. The standard InChI is InChI=1S/C4H4N4O4S2/c5-3(9)4(10)7-14(11,12)2-1-13-8-6-2/h1H,(H2,5,9)(H,7,10). The lowest BCUT2D eigenvalue weighted by Crippen LogP contribution is -2.39. The van der Waals surface area contributed by atoms with Crippen molar-refractivity contribution in [3.63, 3.8) is 0 Å². The Labute approximate surface area is 82.3 Å². The van der Waals surface area contributed by atoms with E-state index in [4.69, 9.17) is 0 Å². The van der Waals surface area contributed by atoms with Crippen LogP contribution in [0.1, 0.15) is 0 Å². The van der Waals surface area contributed by atoms with E-state index >= 15 is 0 Å². The molecule has 14 heavy (non-hydrogen) atoms. The van der Waals surface area contributed by atoms with Crippen molar-refractivity contribution >= 4 is 33.4 Å². The first-order valence-electron chi connectivity index (χ1n) is 3.07. The maximum Gasteiger partial charge on any atom is 0.322 e. The van der Waals surface area contributed by atoms with E-state index in [0.717, 1.165) is 16.9 Å². The molecule has 0 aliphatic carbocycles. The van der Waals surface area contributed by atoms with Crippen molar-refractivity contribution in [3.05, 3.63) is 5.38 Å². The van der Waals surface area contributed by atoms with Crippen LogP contribution in [0.2, 0.25) is 0 Å². The number of amides is 2. The second kappa shape index (κ2) is 3.67. The number of rotatable bonds is 2.